The van der Waals surface area contributed by atoms with Gasteiger partial charge in [0.1, 0.15) is 0 Å². The van der Waals surface area contributed by atoms with Crippen LogP contribution >= 0.6 is 0 Å². The number of carbonyl (C=O) groups is 1. The molecule has 0 saturated heterocycles. The first-order valence-corrected chi connectivity index (χ1v) is 6.30. The highest BCUT2D eigenvalue weighted by Crippen LogP contribution is 2.20. The van der Waals surface area contributed by atoms with Crippen molar-refractivity contribution in [1.29, 1.82) is 0 Å². The molecule has 1 fully saturated rings. The second kappa shape index (κ2) is 7.63. The fraction of sp³-hybridized carbons (Fsp3) is 0.917. The summed E-state index contributed by atoms with van der Waals surface area (Å²) < 4.78 is 5.65. The molecule has 0 aromatic rings. The number of ether oxygens (including phenoxy) is 1. The number of nitrogens with two attached hydrogens (primary N) is 1. The average molecular weight is 228 g/mol. The highest BCUT2D eigenvalue weighted by atomic mass is 16.5. The molecule has 0 radical (unpaired) electrons. The molecule has 0 spiro atoms. The quantitative estimate of drug-likeness (QED) is 0.640. The van der Waals surface area contributed by atoms with Gasteiger partial charge in [0.05, 0.1) is 12.7 Å². The van der Waals surface area contributed by atoms with Crippen molar-refractivity contribution in [1.82, 2.24) is 5.32 Å². The summed E-state index contributed by atoms with van der Waals surface area (Å²) in [5.74, 6) is 0.337. The molecule has 4 nitrogen and oxygen atoms in total. The first-order valence-electron chi connectivity index (χ1n) is 6.30. The number of nitrogens with one attached hydrogen (secondary N) is 1. The van der Waals surface area contributed by atoms with Gasteiger partial charge < -0.3 is 15.8 Å². The third-order valence-electron chi connectivity index (χ3n) is 3.02. The Bertz CT molecular complexity index is 203. The van der Waals surface area contributed by atoms with Gasteiger partial charge in [-0.2, -0.15) is 0 Å². The van der Waals surface area contributed by atoms with E-state index in [1.165, 1.54) is 25.7 Å². The lowest BCUT2D eigenvalue weighted by molar-refractivity contribution is -0.122. The Hall–Kier alpha value is -0.610. The van der Waals surface area contributed by atoms with Crippen LogP contribution in [0.4, 0.5) is 0 Å². The largest absolute Gasteiger partial charge is 0.376 e. The summed E-state index contributed by atoms with van der Waals surface area (Å²) in [5, 5.41) is 2.85. The van der Waals surface area contributed by atoms with E-state index >= 15 is 0 Å². The van der Waals surface area contributed by atoms with Crippen LogP contribution in [0.1, 0.15) is 39.0 Å². The van der Waals surface area contributed by atoms with Gasteiger partial charge in [-0.05, 0) is 25.3 Å². The Morgan fingerprint density at radius 2 is 2.19 bits per heavy atom. The van der Waals surface area contributed by atoms with Crippen LogP contribution in [0, 0.1) is 5.92 Å². The molecule has 1 unspecified atom stereocenters. The first kappa shape index (κ1) is 13.5. The zero-order chi connectivity index (χ0) is 11.8. The molecule has 1 rings (SSSR count). The smallest absolute Gasteiger partial charge is 0.220 e. The lowest BCUT2D eigenvalue weighted by atomic mass is 10.1. The van der Waals surface area contributed by atoms with Crippen LogP contribution in [0.3, 0.4) is 0 Å². The van der Waals surface area contributed by atoms with Crippen LogP contribution in [-0.4, -0.2) is 31.7 Å². The van der Waals surface area contributed by atoms with Gasteiger partial charge in [-0.3, -0.25) is 4.79 Å². The van der Waals surface area contributed by atoms with Crippen LogP contribution in [0.2, 0.25) is 0 Å². The number of amides is 1. The maximum absolute atomic E-state index is 11.4. The number of rotatable bonds is 7. The Kier molecular flexibility index (Phi) is 6.42. The molecule has 0 bridgehead atoms. The summed E-state index contributed by atoms with van der Waals surface area (Å²) in [5.41, 5.74) is 5.45. The minimum Gasteiger partial charge on any atom is -0.376 e. The molecule has 1 aliphatic carbocycles. The molecule has 0 aromatic carbocycles. The van der Waals surface area contributed by atoms with Crippen molar-refractivity contribution in [3.63, 3.8) is 0 Å². The van der Waals surface area contributed by atoms with Crippen molar-refractivity contribution in [2.24, 2.45) is 11.7 Å². The summed E-state index contributed by atoms with van der Waals surface area (Å²) in [6.07, 6.45) is 5.87. The van der Waals surface area contributed by atoms with Gasteiger partial charge in [-0.15, -0.1) is 0 Å². The monoisotopic (exact) mass is 228 g/mol. The standard InChI is InChI=1S/C12H24N2O2/c1-10(9-13)8-12(15)14-6-7-16-11-4-2-3-5-11/h10-11H,2-9,13H2,1H3,(H,14,15). The molecular formula is C12H24N2O2. The van der Waals surface area contributed by atoms with Crippen LogP contribution in [-0.2, 0) is 9.53 Å². The predicted molar refractivity (Wildman–Crippen MR) is 64.1 cm³/mol. The predicted octanol–water partition coefficient (Wildman–Crippen LogP) is 1.05. The molecule has 1 aliphatic rings. The van der Waals surface area contributed by atoms with E-state index in [4.69, 9.17) is 10.5 Å². The van der Waals surface area contributed by atoms with Crippen LogP contribution < -0.4 is 11.1 Å². The average Bonchev–Trinajstić information content (AvgIpc) is 2.77. The fourth-order valence-corrected chi connectivity index (χ4v) is 1.94. The van der Waals surface area contributed by atoms with Gasteiger partial charge in [-0.1, -0.05) is 19.8 Å². The van der Waals surface area contributed by atoms with Crippen molar-refractivity contribution in [2.45, 2.75) is 45.1 Å². The van der Waals surface area contributed by atoms with E-state index in [9.17, 15) is 4.79 Å². The Balaban J connectivity index is 1.95. The second-order valence-corrected chi connectivity index (χ2v) is 4.67. The number of hydrogen-bond donors (Lipinski definition) is 2. The van der Waals surface area contributed by atoms with Crippen molar-refractivity contribution < 1.29 is 9.53 Å². The molecule has 4 heteroatoms. The molecule has 0 aromatic heterocycles. The summed E-state index contributed by atoms with van der Waals surface area (Å²) in [6, 6.07) is 0. The highest BCUT2D eigenvalue weighted by Gasteiger charge is 2.14. The molecule has 0 heterocycles. The van der Waals surface area contributed by atoms with Gasteiger partial charge in [0.2, 0.25) is 5.91 Å². The molecule has 1 saturated carbocycles. The fourth-order valence-electron chi connectivity index (χ4n) is 1.94. The third kappa shape index (κ3) is 5.47. The van der Waals surface area contributed by atoms with Gasteiger partial charge in [-0.25, -0.2) is 0 Å². The van der Waals surface area contributed by atoms with E-state index in [1.54, 1.807) is 0 Å². The van der Waals surface area contributed by atoms with Crippen molar-refractivity contribution >= 4 is 5.91 Å². The van der Waals surface area contributed by atoms with Crippen molar-refractivity contribution in [2.75, 3.05) is 19.7 Å². The summed E-state index contributed by atoms with van der Waals surface area (Å²) in [6.45, 7) is 3.79. The topological polar surface area (TPSA) is 64.4 Å². The van der Waals surface area contributed by atoms with E-state index in [2.05, 4.69) is 5.32 Å². The first-order chi connectivity index (χ1) is 7.72. The van der Waals surface area contributed by atoms with E-state index in [0.717, 1.165) is 0 Å². The summed E-state index contributed by atoms with van der Waals surface area (Å²) >= 11 is 0. The molecule has 16 heavy (non-hydrogen) atoms. The molecular weight excluding hydrogens is 204 g/mol. The molecule has 1 atom stereocenters. The van der Waals surface area contributed by atoms with Crippen LogP contribution in [0.25, 0.3) is 0 Å². The van der Waals surface area contributed by atoms with E-state index in [-0.39, 0.29) is 11.8 Å². The summed E-state index contributed by atoms with van der Waals surface area (Å²) in [4.78, 5) is 11.4. The van der Waals surface area contributed by atoms with Crippen LogP contribution in [0.15, 0.2) is 0 Å². The van der Waals surface area contributed by atoms with E-state index < -0.39 is 0 Å². The normalized spacial score (nSPS) is 18.6. The second-order valence-electron chi connectivity index (χ2n) is 4.67. The Labute approximate surface area is 97.9 Å². The molecule has 1 amide bonds. The molecule has 94 valence electrons. The maximum atomic E-state index is 11.4. The van der Waals surface area contributed by atoms with Gasteiger partial charge >= 0.3 is 0 Å². The molecule has 3 N–H and O–H groups in total. The molecule has 0 aliphatic heterocycles. The van der Waals surface area contributed by atoms with Gasteiger partial charge in [0.15, 0.2) is 0 Å². The van der Waals surface area contributed by atoms with E-state index in [1.807, 2.05) is 6.92 Å². The number of carbonyl (C=O) groups excluding carboxylic acids is 1. The van der Waals surface area contributed by atoms with Crippen molar-refractivity contribution in [3.8, 4) is 0 Å². The highest BCUT2D eigenvalue weighted by molar-refractivity contribution is 5.76. The lowest BCUT2D eigenvalue weighted by Gasteiger charge is -2.12. The Morgan fingerprint density at radius 3 is 2.81 bits per heavy atom. The number of hydrogen-bond acceptors (Lipinski definition) is 3. The maximum Gasteiger partial charge on any atom is 0.220 e. The van der Waals surface area contributed by atoms with Crippen LogP contribution in [0.5, 0.6) is 0 Å². The third-order valence-corrected chi connectivity index (χ3v) is 3.02. The zero-order valence-electron chi connectivity index (χ0n) is 10.2. The summed E-state index contributed by atoms with van der Waals surface area (Å²) in [7, 11) is 0. The SMILES string of the molecule is CC(CN)CC(=O)NCCOC1CCCC1. The van der Waals surface area contributed by atoms with E-state index in [0.29, 0.717) is 32.2 Å². The minimum absolute atomic E-state index is 0.0768. The van der Waals surface area contributed by atoms with Crippen molar-refractivity contribution in [3.05, 3.63) is 0 Å². The van der Waals surface area contributed by atoms with Gasteiger partial charge in [0, 0.05) is 13.0 Å². The zero-order valence-corrected chi connectivity index (χ0v) is 10.2. The van der Waals surface area contributed by atoms with Gasteiger partial charge in [0.25, 0.3) is 0 Å². The minimum atomic E-state index is 0.0768. The lowest BCUT2D eigenvalue weighted by Crippen LogP contribution is -2.30. The Morgan fingerprint density at radius 1 is 1.50 bits per heavy atom.